The molecule has 2 rings (SSSR count). The minimum absolute atomic E-state index is 0.110. The summed E-state index contributed by atoms with van der Waals surface area (Å²) in [7, 11) is 0. The summed E-state index contributed by atoms with van der Waals surface area (Å²) in [6, 6.07) is 4.84. The van der Waals surface area contributed by atoms with E-state index in [0.29, 0.717) is 18.0 Å². The van der Waals surface area contributed by atoms with Crippen LogP contribution in [0.15, 0.2) is 22.7 Å². The molecule has 0 saturated heterocycles. The largest absolute Gasteiger partial charge is 0.336 e. The standard InChI is InChI=1S/C14H16BrClFNO/c15-13-11(6-2-7-12(13)17)14(19)18(9-3-8-16)10-4-1-5-10/h2,6-7,10H,1,3-5,8-9H2. The van der Waals surface area contributed by atoms with Crippen molar-refractivity contribution in [2.24, 2.45) is 0 Å². The molecule has 2 nitrogen and oxygen atoms in total. The van der Waals surface area contributed by atoms with Gasteiger partial charge in [-0.3, -0.25) is 4.79 Å². The second kappa shape index (κ2) is 6.71. The van der Waals surface area contributed by atoms with Gasteiger partial charge in [-0.25, -0.2) is 4.39 Å². The molecular weight excluding hydrogens is 333 g/mol. The van der Waals surface area contributed by atoms with Gasteiger partial charge in [-0.2, -0.15) is 0 Å². The lowest BCUT2D eigenvalue weighted by Crippen LogP contribution is -2.45. The molecule has 0 heterocycles. The molecule has 0 spiro atoms. The Bertz CT molecular complexity index is 465. The van der Waals surface area contributed by atoms with E-state index in [9.17, 15) is 9.18 Å². The lowest BCUT2D eigenvalue weighted by atomic mass is 9.91. The van der Waals surface area contributed by atoms with Crippen LogP contribution < -0.4 is 0 Å². The van der Waals surface area contributed by atoms with Crippen LogP contribution in [0, 0.1) is 5.82 Å². The highest BCUT2D eigenvalue weighted by atomic mass is 79.9. The Hall–Kier alpha value is -0.610. The van der Waals surface area contributed by atoms with Crippen molar-refractivity contribution in [1.29, 1.82) is 0 Å². The van der Waals surface area contributed by atoms with E-state index in [0.717, 1.165) is 25.7 Å². The highest BCUT2D eigenvalue weighted by Gasteiger charge is 2.30. The number of nitrogens with zero attached hydrogens (tertiary/aromatic N) is 1. The highest BCUT2D eigenvalue weighted by Crippen LogP contribution is 2.29. The van der Waals surface area contributed by atoms with Gasteiger partial charge in [0.2, 0.25) is 0 Å². The predicted octanol–water partition coefficient (Wildman–Crippen LogP) is 4.21. The normalized spacial score (nSPS) is 15.1. The molecule has 0 radical (unpaired) electrons. The third-order valence-electron chi connectivity index (χ3n) is 3.49. The zero-order chi connectivity index (χ0) is 13.8. The maximum atomic E-state index is 13.5. The van der Waals surface area contributed by atoms with E-state index in [1.807, 2.05) is 4.90 Å². The van der Waals surface area contributed by atoms with Crippen LogP contribution in [0.2, 0.25) is 0 Å². The fourth-order valence-electron chi connectivity index (χ4n) is 2.20. The topological polar surface area (TPSA) is 20.3 Å². The van der Waals surface area contributed by atoms with E-state index in [2.05, 4.69) is 15.9 Å². The van der Waals surface area contributed by atoms with Gasteiger partial charge in [0.05, 0.1) is 10.0 Å². The summed E-state index contributed by atoms with van der Waals surface area (Å²) >= 11 is 8.87. The molecule has 0 unspecified atom stereocenters. The minimum atomic E-state index is -0.406. The molecule has 0 aromatic heterocycles. The molecule has 1 aliphatic carbocycles. The van der Waals surface area contributed by atoms with Crippen LogP contribution >= 0.6 is 27.5 Å². The number of alkyl halides is 1. The number of amides is 1. The van der Waals surface area contributed by atoms with E-state index < -0.39 is 5.82 Å². The van der Waals surface area contributed by atoms with Gasteiger partial charge in [-0.15, -0.1) is 11.6 Å². The number of benzene rings is 1. The average Bonchev–Trinajstić information content (AvgIpc) is 2.34. The van der Waals surface area contributed by atoms with Gasteiger partial charge >= 0.3 is 0 Å². The van der Waals surface area contributed by atoms with Crippen LogP contribution in [-0.2, 0) is 0 Å². The van der Waals surface area contributed by atoms with Gasteiger partial charge in [0.1, 0.15) is 5.82 Å². The Morgan fingerprint density at radius 3 is 2.79 bits per heavy atom. The monoisotopic (exact) mass is 347 g/mol. The minimum Gasteiger partial charge on any atom is -0.336 e. The van der Waals surface area contributed by atoms with Crippen molar-refractivity contribution < 1.29 is 9.18 Å². The summed E-state index contributed by atoms with van der Waals surface area (Å²) in [5.74, 6) is 0.0128. The molecule has 0 N–H and O–H groups in total. The number of halogens is 3. The number of hydrogen-bond acceptors (Lipinski definition) is 1. The van der Waals surface area contributed by atoms with Gasteiger partial charge in [0, 0.05) is 18.5 Å². The Labute approximate surface area is 126 Å². The van der Waals surface area contributed by atoms with Gasteiger partial charge in [-0.1, -0.05) is 6.07 Å². The zero-order valence-electron chi connectivity index (χ0n) is 10.5. The van der Waals surface area contributed by atoms with Crippen molar-refractivity contribution in [2.45, 2.75) is 31.7 Å². The molecule has 1 saturated carbocycles. The van der Waals surface area contributed by atoms with E-state index in [-0.39, 0.29) is 16.4 Å². The summed E-state index contributed by atoms with van der Waals surface area (Å²) in [6.45, 7) is 0.635. The molecule has 1 aliphatic rings. The molecule has 0 atom stereocenters. The maximum absolute atomic E-state index is 13.5. The van der Waals surface area contributed by atoms with Gasteiger partial charge in [0.25, 0.3) is 5.91 Å². The SMILES string of the molecule is O=C(c1cccc(F)c1Br)N(CCCCl)C1CCC1. The molecule has 1 aromatic rings. The fraction of sp³-hybridized carbons (Fsp3) is 0.500. The smallest absolute Gasteiger partial charge is 0.255 e. The molecular formula is C14H16BrClFNO. The molecule has 0 aliphatic heterocycles. The molecule has 5 heteroatoms. The molecule has 19 heavy (non-hydrogen) atoms. The van der Waals surface area contributed by atoms with Crippen LogP contribution in [0.4, 0.5) is 4.39 Å². The highest BCUT2D eigenvalue weighted by molar-refractivity contribution is 9.10. The molecule has 1 amide bonds. The van der Waals surface area contributed by atoms with Crippen LogP contribution in [-0.4, -0.2) is 29.3 Å². The van der Waals surface area contributed by atoms with Crippen molar-refractivity contribution in [3.8, 4) is 0 Å². The molecule has 104 valence electrons. The third-order valence-corrected chi connectivity index (χ3v) is 4.56. The summed E-state index contributed by atoms with van der Waals surface area (Å²) in [5.41, 5.74) is 0.390. The fourth-order valence-corrected chi connectivity index (χ4v) is 2.76. The summed E-state index contributed by atoms with van der Waals surface area (Å²) in [5, 5.41) is 0. The summed E-state index contributed by atoms with van der Waals surface area (Å²) in [6.07, 6.45) is 3.97. The molecule has 1 fully saturated rings. The number of carbonyl (C=O) groups is 1. The van der Waals surface area contributed by atoms with Crippen molar-refractivity contribution in [1.82, 2.24) is 4.90 Å². The first-order valence-electron chi connectivity index (χ1n) is 6.46. The van der Waals surface area contributed by atoms with E-state index in [1.165, 1.54) is 6.07 Å². The summed E-state index contributed by atoms with van der Waals surface area (Å²) < 4.78 is 13.8. The van der Waals surface area contributed by atoms with Crippen molar-refractivity contribution in [3.63, 3.8) is 0 Å². The predicted molar refractivity (Wildman–Crippen MR) is 78.1 cm³/mol. The van der Waals surface area contributed by atoms with E-state index >= 15 is 0 Å². The third kappa shape index (κ3) is 3.29. The van der Waals surface area contributed by atoms with E-state index in [1.54, 1.807) is 12.1 Å². The van der Waals surface area contributed by atoms with Gasteiger partial charge < -0.3 is 4.90 Å². The first-order chi connectivity index (χ1) is 9.15. The van der Waals surface area contributed by atoms with Crippen LogP contribution in [0.5, 0.6) is 0 Å². The van der Waals surface area contributed by atoms with Crippen LogP contribution in [0.3, 0.4) is 0 Å². The Morgan fingerprint density at radius 2 is 2.21 bits per heavy atom. The number of hydrogen-bond donors (Lipinski definition) is 0. The maximum Gasteiger partial charge on any atom is 0.255 e. The van der Waals surface area contributed by atoms with Crippen molar-refractivity contribution >= 4 is 33.4 Å². The second-order valence-electron chi connectivity index (χ2n) is 4.73. The first-order valence-corrected chi connectivity index (χ1v) is 7.79. The quantitative estimate of drug-likeness (QED) is 0.730. The lowest BCUT2D eigenvalue weighted by Gasteiger charge is -2.37. The average molecular weight is 349 g/mol. The number of carbonyl (C=O) groups excluding carboxylic acids is 1. The van der Waals surface area contributed by atoms with Crippen LogP contribution in [0.1, 0.15) is 36.0 Å². The van der Waals surface area contributed by atoms with E-state index in [4.69, 9.17) is 11.6 Å². The van der Waals surface area contributed by atoms with Gasteiger partial charge in [-0.05, 0) is 53.7 Å². The number of rotatable bonds is 5. The van der Waals surface area contributed by atoms with Crippen LogP contribution in [0.25, 0.3) is 0 Å². The molecule has 0 bridgehead atoms. The van der Waals surface area contributed by atoms with Gasteiger partial charge in [0.15, 0.2) is 0 Å². The van der Waals surface area contributed by atoms with Crippen molar-refractivity contribution in [3.05, 3.63) is 34.1 Å². The Morgan fingerprint density at radius 1 is 1.47 bits per heavy atom. The molecule has 1 aromatic carbocycles. The second-order valence-corrected chi connectivity index (χ2v) is 5.90. The first kappa shape index (κ1) is 14.8. The Balaban J connectivity index is 2.20. The lowest BCUT2D eigenvalue weighted by molar-refractivity contribution is 0.0579. The summed E-state index contributed by atoms with van der Waals surface area (Å²) in [4.78, 5) is 14.4. The zero-order valence-corrected chi connectivity index (χ0v) is 12.9. The van der Waals surface area contributed by atoms with Crippen molar-refractivity contribution in [2.75, 3.05) is 12.4 Å². The Kier molecular flexibility index (Phi) is 5.22.